The maximum absolute atomic E-state index is 11.6. The van der Waals surface area contributed by atoms with Gasteiger partial charge in [-0.05, 0) is 135 Å². The van der Waals surface area contributed by atoms with Crippen LogP contribution in [-0.4, -0.2) is 29.1 Å². The number of carbonyl (C=O) groups is 1. The minimum absolute atomic E-state index is 0.615. The molecule has 5 heteroatoms. The molecule has 50 heavy (non-hydrogen) atoms. The van der Waals surface area contributed by atoms with E-state index < -0.39 is 0 Å². The number of hydrogen-bond donors (Lipinski definition) is 0. The number of fused-ring (bicyclic) bond motifs is 4. The van der Waals surface area contributed by atoms with Crippen LogP contribution in [0, 0.1) is 41.5 Å². The van der Waals surface area contributed by atoms with E-state index in [1.54, 1.807) is 0 Å². The van der Waals surface area contributed by atoms with Gasteiger partial charge in [0.2, 0.25) is 0 Å². The van der Waals surface area contributed by atoms with Crippen molar-refractivity contribution in [2.75, 3.05) is 0 Å². The van der Waals surface area contributed by atoms with Gasteiger partial charge in [0, 0.05) is 22.3 Å². The first-order chi connectivity index (χ1) is 24.2. The Labute approximate surface area is 293 Å². The van der Waals surface area contributed by atoms with Crippen LogP contribution in [0.25, 0.3) is 16.7 Å². The first-order valence-electron chi connectivity index (χ1n) is 16.9. The zero-order valence-electron chi connectivity index (χ0n) is 29.1. The Kier molecular flexibility index (Phi) is 7.56. The van der Waals surface area contributed by atoms with Gasteiger partial charge in [0.05, 0.1) is 45.6 Å². The lowest BCUT2D eigenvalue weighted by atomic mass is 9.90. The number of nitrogens with zero attached hydrogens (tertiary/aromatic N) is 4. The van der Waals surface area contributed by atoms with Crippen LogP contribution < -0.4 is 0 Å². The van der Waals surface area contributed by atoms with E-state index in [0.717, 1.165) is 85.3 Å². The predicted octanol–water partition coefficient (Wildman–Crippen LogP) is 9.82. The zero-order chi connectivity index (χ0) is 34.7. The number of aldehydes is 1. The van der Waals surface area contributed by atoms with Gasteiger partial charge in [-0.3, -0.25) is 4.79 Å². The fourth-order valence-corrected chi connectivity index (χ4v) is 7.71. The third-order valence-corrected chi connectivity index (χ3v) is 9.63. The molecule has 8 bridgehead atoms. The molecule has 8 rings (SSSR count). The van der Waals surface area contributed by atoms with Crippen molar-refractivity contribution in [2.24, 2.45) is 20.0 Å². The standard InChI is InChI=1S/C45H36N4O/c1-25-19-27(3)41(28(4)20-25)44-37-13-11-33(46-37)23-34-12-14-38(47-34)45(42-29(5)21-26(2)22-30(42)6)40-18-16-36(49-40)43(35-15-17-39(44)48-35)32-9-7-31(24-50)8-10-32/h7-24H,1-6H3. The molecular formula is C45H36N4O. The van der Waals surface area contributed by atoms with Crippen molar-refractivity contribution >= 4 is 45.9 Å². The number of aliphatic imine (C=N–C) groups is 4. The average Bonchev–Trinajstić information content (AvgIpc) is 3.90. The van der Waals surface area contributed by atoms with Gasteiger partial charge in [0.25, 0.3) is 0 Å². The van der Waals surface area contributed by atoms with Gasteiger partial charge >= 0.3 is 0 Å². The smallest absolute Gasteiger partial charge is 0.150 e. The van der Waals surface area contributed by atoms with E-state index in [0.29, 0.717) is 5.56 Å². The molecule has 0 aromatic heterocycles. The second kappa shape index (κ2) is 12.1. The molecule has 5 aliphatic heterocycles. The molecule has 3 aromatic rings. The highest BCUT2D eigenvalue weighted by Crippen LogP contribution is 2.39. The number of rotatable bonds is 4. The van der Waals surface area contributed by atoms with Crippen molar-refractivity contribution in [1.82, 2.24) is 0 Å². The third kappa shape index (κ3) is 5.41. The molecule has 0 saturated carbocycles. The number of carbonyl (C=O) groups excluding carboxylic acids is 1. The Morgan fingerprint density at radius 3 is 1.50 bits per heavy atom. The van der Waals surface area contributed by atoms with E-state index in [9.17, 15) is 4.79 Å². The summed E-state index contributed by atoms with van der Waals surface area (Å²) in [6.45, 7) is 12.9. The van der Waals surface area contributed by atoms with Crippen LogP contribution in [0.2, 0.25) is 0 Å². The molecule has 0 spiro atoms. The molecule has 0 saturated heterocycles. The molecule has 242 valence electrons. The number of aryl methyl sites for hydroxylation is 6. The molecule has 5 nitrogen and oxygen atoms in total. The van der Waals surface area contributed by atoms with Gasteiger partial charge in [-0.2, -0.15) is 0 Å². The van der Waals surface area contributed by atoms with Crippen molar-refractivity contribution in [3.8, 4) is 0 Å². The van der Waals surface area contributed by atoms with E-state index in [1.807, 2.05) is 30.3 Å². The van der Waals surface area contributed by atoms with Gasteiger partial charge in [-0.1, -0.05) is 59.7 Å². The molecule has 0 amide bonds. The monoisotopic (exact) mass is 648 g/mol. The average molecular weight is 649 g/mol. The Balaban J connectivity index is 1.44. The zero-order valence-corrected chi connectivity index (χ0v) is 29.1. The topological polar surface area (TPSA) is 66.5 Å². The number of hydrogen-bond acceptors (Lipinski definition) is 5. The summed E-state index contributed by atoms with van der Waals surface area (Å²) in [7, 11) is 0. The van der Waals surface area contributed by atoms with Gasteiger partial charge in [-0.25, -0.2) is 20.0 Å². The molecule has 0 unspecified atom stereocenters. The second-order valence-electron chi connectivity index (χ2n) is 13.5. The van der Waals surface area contributed by atoms with Crippen LogP contribution in [0.5, 0.6) is 0 Å². The SMILES string of the molecule is Cc1cc(C)c(C2=C3C=CC(=N3)C=C3C=CC(=N3)C(c3c(C)cc(C)cc3C)=C3C=CC(=N3)C(c3ccc(C=O)cc3)=C3C=CC2=N3)c(C)c1. The van der Waals surface area contributed by atoms with E-state index in [4.69, 9.17) is 20.0 Å². The lowest BCUT2D eigenvalue weighted by Gasteiger charge is -2.16. The molecule has 0 atom stereocenters. The highest BCUT2D eigenvalue weighted by atomic mass is 16.1. The van der Waals surface area contributed by atoms with E-state index in [2.05, 4.69) is 114 Å². The quantitative estimate of drug-likeness (QED) is 0.260. The Morgan fingerprint density at radius 2 is 0.940 bits per heavy atom. The minimum atomic E-state index is 0.615. The van der Waals surface area contributed by atoms with Gasteiger partial charge in [0.15, 0.2) is 0 Å². The Bertz CT molecular complexity index is 2360. The molecule has 0 aliphatic carbocycles. The highest BCUT2D eigenvalue weighted by Gasteiger charge is 2.27. The molecule has 0 N–H and O–H groups in total. The third-order valence-electron chi connectivity index (χ3n) is 9.63. The summed E-state index contributed by atoms with van der Waals surface area (Å²) in [5.41, 5.74) is 20.5. The van der Waals surface area contributed by atoms with Gasteiger partial charge in [-0.15, -0.1) is 0 Å². The van der Waals surface area contributed by atoms with Crippen LogP contribution in [0.4, 0.5) is 0 Å². The van der Waals surface area contributed by atoms with Gasteiger partial charge < -0.3 is 0 Å². The van der Waals surface area contributed by atoms with E-state index >= 15 is 0 Å². The van der Waals surface area contributed by atoms with Crippen molar-refractivity contribution in [3.63, 3.8) is 0 Å². The lowest BCUT2D eigenvalue weighted by Crippen LogP contribution is -2.06. The fourth-order valence-electron chi connectivity index (χ4n) is 7.71. The van der Waals surface area contributed by atoms with Crippen molar-refractivity contribution in [1.29, 1.82) is 0 Å². The minimum Gasteiger partial charge on any atom is -0.298 e. The van der Waals surface area contributed by atoms with Crippen molar-refractivity contribution in [3.05, 3.63) is 182 Å². The largest absolute Gasteiger partial charge is 0.298 e. The summed E-state index contributed by atoms with van der Waals surface area (Å²) in [6.07, 6.45) is 19.5. The Hall–Kier alpha value is -6.07. The predicted molar refractivity (Wildman–Crippen MR) is 208 cm³/mol. The maximum atomic E-state index is 11.6. The van der Waals surface area contributed by atoms with Crippen molar-refractivity contribution in [2.45, 2.75) is 41.5 Å². The molecule has 0 radical (unpaired) electrons. The molecule has 5 aliphatic rings. The van der Waals surface area contributed by atoms with E-state index in [-0.39, 0.29) is 0 Å². The number of allylic oxidation sites excluding steroid dienone is 12. The molecule has 0 fully saturated rings. The lowest BCUT2D eigenvalue weighted by molar-refractivity contribution is 0.112. The summed E-state index contributed by atoms with van der Waals surface area (Å²) in [6, 6.07) is 16.5. The van der Waals surface area contributed by atoms with Crippen LogP contribution in [-0.2, 0) is 0 Å². The van der Waals surface area contributed by atoms with Crippen LogP contribution in [0.1, 0.15) is 60.4 Å². The summed E-state index contributed by atoms with van der Waals surface area (Å²) >= 11 is 0. The van der Waals surface area contributed by atoms with E-state index in [1.165, 1.54) is 33.4 Å². The van der Waals surface area contributed by atoms with Crippen LogP contribution in [0.3, 0.4) is 0 Å². The summed E-state index contributed by atoms with van der Waals surface area (Å²) in [5, 5.41) is 0. The van der Waals surface area contributed by atoms with Crippen molar-refractivity contribution < 1.29 is 4.79 Å². The highest BCUT2D eigenvalue weighted by molar-refractivity contribution is 6.38. The Morgan fingerprint density at radius 1 is 0.480 bits per heavy atom. The molecule has 3 aromatic carbocycles. The fraction of sp³-hybridized carbons (Fsp3) is 0.133. The second-order valence-corrected chi connectivity index (χ2v) is 13.5. The summed E-state index contributed by atoms with van der Waals surface area (Å²) < 4.78 is 0. The molecular weight excluding hydrogens is 613 g/mol. The summed E-state index contributed by atoms with van der Waals surface area (Å²) in [4.78, 5) is 32.6. The van der Waals surface area contributed by atoms with Crippen LogP contribution >= 0.6 is 0 Å². The van der Waals surface area contributed by atoms with Gasteiger partial charge in [0.1, 0.15) is 6.29 Å². The number of benzene rings is 3. The molecule has 5 heterocycles. The maximum Gasteiger partial charge on any atom is 0.150 e. The van der Waals surface area contributed by atoms with Crippen LogP contribution in [0.15, 0.2) is 146 Å². The first-order valence-corrected chi connectivity index (χ1v) is 16.9. The first kappa shape index (κ1) is 31.2. The summed E-state index contributed by atoms with van der Waals surface area (Å²) in [5.74, 6) is 0. The normalized spacial score (nSPS) is 17.5.